The lowest BCUT2D eigenvalue weighted by Gasteiger charge is -2.18. The van der Waals surface area contributed by atoms with E-state index in [1.54, 1.807) is 12.1 Å². The van der Waals surface area contributed by atoms with Crippen molar-refractivity contribution in [1.29, 1.82) is 0 Å². The van der Waals surface area contributed by atoms with E-state index in [1.165, 1.54) is 5.56 Å². The Morgan fingerprint density at radius 3 is 2.32 bits per heavy atom. The molecule has 0 N–H and O–H groups in total. The van der Waals surface area contributed by atoms with Crippen molar-refractivity contribution in [2.45, 2.75) is 46.0 Å². The second-order valence-corrected chi connectivity index (χ2v) is 9.47. The van der Waals surface area contributed by atoms with Gasteiger partial charge in [0.25, 0.3) is 0 Å². The SMILES string of the molecule is CCCCOc1ccc(C(=O)C(=Cc2ccc(C(C)(C)C)cc2)c2nc3ccccc3o2)cc1. The van der Waals surface area contributed by atoms with Crippen LogP contribution in [0.3, 0.4) is 0 Å². The van der Waals surface area contributed by atoms with Gasteiger partial charge in [-0.25, -0.2) is 4.98 Å². The number of rotatable bonds is 8. The number of nitrogens with zero attached hydrogens (tertiary/aromatic N) is 1. The van der Waals surface area contributed by atoms with Crippen LogP contribution < -0.4 is 4.74 Å². The van der Waals surface area contributed by atoms with Gasteiger partial charge in [0.15, 0.2) is 11.4 Å². The van der Waals surface area contributed by atoms with Gasteiger partial charge in [-0.2, -0.15) is 0 Å². The Labute approximate surface area is 201 Å². The zero-order valence-electron chi connectivity index (χ0n) is 20.3. The number of oxazole rings is 1. The molecule has 0 atom stereocenters. The molecule has 34 heavy (non-hydrogen) atoms. The number of fused-ring (bicyclic) bond motifs is 1. The van der Waals surface area contributed by atoms with Crippen molar-refractivity contribution in [1.82, 2.24) is 4.98 Å². The fourth-order valence-electron chi connectivity index (χ4n) is 3.65. The first-order chi connectivity index (χ1) is 16.3. The van der Waals surface area contributed by atoms with E-state index < -0.39 is 0 Å². The molecular weight excluding hydrogens is 422 g/mol. The van der Waals surface area contributed by atoms with E-state index in [2.05, 4.69) is 44.8 Å². The third kappa shape index (κ3) is 5.45. The summed E-state index contributed by atoms with van der Waals surface area (Å²) in [5.74, 6) is 0.927. The number of hydrogen-bond acceptors (Lipinski definition) is 4. The molecule has 3 aromatic carbocycles. The average Bonchev–Trinajstić information content (AvgIpc) is 3.26. The number of unbranched alkanes of at least 4 members (excludes halogenated alkanes) is 1. The summed E-state index contributed by atoms with van der Waals surface area (Å²) in [6, 6.07) is 23.1. The molecule has 4 nitrogen and oxygen atoms in total. The zero-order chi connectivity index (χ0) is 24.1. The van der Waals surface area contributed by atoms with E-state index in [9.17, 15) is 4.79 Å². The number of hydrogen-bond donors (Lipinski definition) is 0. The number of para-hydroxylation sites is 2. The molecule has 0 aliphatic heterocycles. The molecule has 0 aliphatic rings. The first-order valence-electron chi connectivity index (χ1n) is 11.8. The first-order valence-corrected chi connectivity index (χ1v) is 11.8. The van der Waals surface area contributed by atoms with Gasteiger partial charge in [-0.3, -0.25) is 4.79 Å². The van der Waals surface area contributed by atoms with Crippen LogP contribution in [0.1, 0.15) is 67.9 Å². The summed E-state index contributed by atoms with van der Waals surface area (Å²) in [7, 11) is 0. The molecule has 0 amide bonds. The van der Waals surface area contributed by atoms with E-state index in [0.717, 1.165) is 29.7 Å². The van der Waals surface area contributed by atoms with Crippen molar-refractivity contribution >= 4 is 28.5 Å². The fourth-order valence-corrected chi connectivity index (χ4v) is 3.65. The summed E-state index contributed by atoms with van der Waals surface area (Å²) in [6.07, 6.45) is 3.93. The van der Waals surface area contributed by atoms with Crippen LogP contribution in [0.4, 0.5) is 0 Å². The highest BCUT2D eigenvalue weighted by Gasteiger charge is 2.21. The Morgan fingerprint density at radius 2 is 1.68 bits per heavy atom. The summed E-state index contributed by atoms with van der Waals surface area (Å²) in [6.45, 7) is 9.34. The summed E-state index contributed by atoms with van der Waals surface area (Å²) in [4.78, 5) is 18.2. The molecule has 0 radical (unpaired) electrons. The minimum atomic E-state index is -0.147. The maximum Gasteiger partial charge on any atom is 0.231 e. The van der Waals surface area contributed by atoms with Gasteiger partial charge in [0.05, 0.1) is 12.2 Å². The number of Topliss-reactive ketones (excluding diaryl/α,β-unsaturated/α-hetero) is 1. The normalized spacial score (nSPS) is 12.2. The molecule has 0 unspecified atom stereocenters. The van der Waals surface area contributed by atoms with Crippen molar-refractivity contribution in [3.8, 4) is 5.75 Å². The van der Waals surface area contributed by atoms with E-state index in [1.807, 2.05) is 54.6 Å². The molecule has 174 valence electrons. The van der Waals surface area contributed by atoms with Gasteiger partial charge in [-0.15, -0.1) is 0 Å². The zero-order valence-corrected chi connectivity index (χ0v) is 20.3. The van der Waals surface area contributed by atoms with E-state index in [0.29, 0.717) is 29.2 Å². The molecule has 0 saturated carbocycles. The highest BCUT2D eigenvalue weighted by molar-refractivity contribution is 6.31. The maximum absolute atomic E-state index is 13.6. The Kier molecular flexibility index (Phi) is 6.97. The highest BCUT2D eigenvalue weighted by atomic mass is 16.5. The van der Waals surface area contributed by atoms with E-state index in [4.69, 9.17) is 9.15 Å². The molecule has 0 aliphatic carbocycles. The van der Waals surface area contributed by atoms with Gasteiger partial charge in [0.1, 0.15) is 11.3 Å². The van der Waals surface area contributed by atoms with Crippen molar-refractivity contribution in [3.05, 3.63) is 95.4 Å². The third-order valence-electron chi connectivity index (χ3n) is 5.74. The molecule has 0 bridgehead atoms. The summed E-state index contributed by atoms with van der Waals surface area (Å²) < 4.78 is 11.7. The molecule has 0 saturated heterocycles. The standard InChI is InChI=1S/C30H31NO3/c1-5-6-19-33-24-17-13-22(14-18-24)28(32)25(29-31-26-9-7-8-10-27(26)34-29)20-21-11-15-23(16-12-21)30(2,3)4/h7-18,20H,5-6,19H2,1-4H3. The maximum atomic E-state index is 13.6. The molecule has 0 spiro atoms. The number of allylic oxidation sites excluding steroid dienone is 1. The number of benzene rings is 3. The van der Waals surface area contributed by atoms with Crippen LogP contribution in [0.5, 0.6) is 5.75 Å². The summed E-state index contributed by atoms with van der Waals surface area (Å²) in [5.41, 5.74) is 4.55. The molecular formula is C30H31NO3. The van der Waals surface area contributed by atoms with Crippen molar-refractivity contribution in [3.63, 3.8) is 0 Å². The quantitative estimate of drug-likeness (QED) is 0.156. The van der Waals surface area contributed by atoms with Crippen LogP contribution in [0.25, 0.3) is 22.7 Å². The second kappa shape index (κ2) is 10.1. The van der Waals surface area contributed by atoms with Crippen LogP contribution >= 0.6 is 0 Å². The number of aromatic nitrogens is 1. The van der Waals surface area contributed by atoms with Gasteiger partial charge in [-0.1, -0.05) is 70.5 Å². The van der Waals surface area contributed by atoms with Crippen LogP contribution in [0.15, 0.2) is 77.2 Å². The Balaban J connectivity index is 1.70. The van der Waals surface area contributed by atoms with Crippen LogP contribution in [-0.4, -0.2) is 17.4 Å². The van der Waals surface area contributed by atoms with Crippen LogP contribution in [0.2, 0.25) is 0 Å². The summed E-state index contributed by atoms with van der Waals surface area (Å²) in [5, 5.41) is 0. The topological polar surface area (TPSA) is 52.3 Å². The van der Waals surface area contributed by atoms with Crippen LogP contribution in [-0.2, 0) is 5.41 Å². The molecule has 4 heteroatoms. The minimum absolute atomic E-state index is 0.0577. The minimum Gasteiger partial charge on any atom is -0.494 e. The Morgan fingerprint density at radius 1 is 0.971 bits per heavy atom. The van der Waals surface area contributed by atoms with Crippen molar-refractivity contribution in [2.75, 3.05) is 6.61 Å². The molecule has 4 aromatic rings. The molecule has 1 heterocycles. The molecule has 4 rings (SSSR count). The smallest absolute Gasteiger partial charge is 0.231 e. The van der Waals surface area contributed by atoms with Gasteiger partial charge in [0.2, 0.25) is 5.89 Å². The number of ketones is 1. The highest BCUT2D eigenvalue weighted by Crippen LogP contribution is 2.28. The second-order valence-electron chi connectivity index (χ2n) is 9.47. The Bertz CT molecular complexity index is 1260. The van der Waals surface area contributed by atoms with Gasteiger partial charge in [0, 0.05) is 5.56 Å². The van der Waals surface area contributed by atoms with Gasteiger partial charge < -0.3 is 9.15 Å². The Hall–Kier alpha value is -3.66. The van der Waals surface area contributed by atoms with Gasteiger partial charge in [-0.05, 0) is 65.4 Å². The number of carbonyl (C=O) groups excluding carboxylic acids is 1. The lowest BCUT2D eigenvalue weighted by Crippen LogP contribution is -2.10. The monoisotopic (exact) mass is 453 g/mol. The van der Waals surface area contributed by atoms with Crippen LogP contribution in [0, 0.1) is 0 Å². The van der Waals surface area contributed by atoms with E-state index >= 15 is 0 Å². The van der Waals surface area contributed by atoms with E-state index in [-0.39, 0.29) is 11.2 Å². The largest absolute Gasteiger partial charge is 0.494 e. The lowest BCUT2D eigenvalue weighted by atomic mass is 9.86. The average molecular weight is 454 g/mol. The summed E-state index contributed by atoms with van der Waals surface area (Å²) >= 11 is 0. The fraction of sp³-hybridized carbons (Fsp3) is 0.267. The third-order valence-corrected chi connectivity index (χ3v) is 5.74. The molecule has 1 aromatic heterocycles. The molecule has 0 fully saturated rings. The first kappa shape index (κ1) is 23.5. The number of ether oxygens (including phenoxy) is 1. The van der Waals surface area contributed by atoms with Gasteiger partial charge >= 0.3 is 0 Å². The predicted molar refractivity (Wildman–Crippen MR) is 138 cm³/mol. The number of carbonyl (C=O) groups is 1. The van der Waals surface area contributed by atoms with Crippen molar-refractivity contribution < 1.29 is 13.9 Å². The predicted octanol–water partition coefficient (Wildman–Crippen LogP) is 7.73. The lowest BCUT2D eigenvalue weighted by molar-refractivity contribution is 0.105. The van der Waals surface area contributed by atoms with Crippen molar-refractivity contribution in [2.24, 2.45) is 0 Å².